The third-order valence-electron chi connectivity index (χ3n) is 6.14. The fourth-order valence-corrected chi connectivity index (χ4v) is 5.45. The molecule has 1 aliphatic heterocycles. The zero-order valence-corrected chi connectivity index (χ0v) is 17.4. The molecule has 1 aliphatic carbocycles. The molecule has 1 aromatic carbocycles. The van der Waals surface area contributed by atoms with E-state index in [4.69, 9.17) is 5.10 Å². The van der Waals surface area contributed by atoms with Gasteiger partial charge in [0, 0.05) is 41.8 Å². The Balaban J connectivity index is 1.48. The highest BCUT2D eigenvalue weighted by molar-refractivity contribution is 7.09. The predicted molar refractivity (Wildman–Crippen MR) is 115 cm³/mol. The summed E-state index contributed by atoms with van der Waals surface area (Å²) in [4.78, 5) is 20.1. The highest BCUT2D eigenvalue weighted by Crippen LogP contribution is 2.31. The average molecular weight is 407 g/mol. The topological polar surface area (TPSA) is 51.0 Å². The van der Waals surface area contributed by atoms with Gasteiger partial charge in [-0.2, -0.15) is 5.10 Å². The molecule has 5 rings (SSSR count). The Labute approximate surface area is 175 Å². The van der Waals surface area contributed by atoms with E-state index in [1.165, 1.54) is 17.7 Å². The number of hydrogen-bond donors (Lipinski definition) is 0. The van der Waals surface area contributed by atoms with Gasteiger partial charge in [-0.25, -0.2) is 9.67 Å². The monoisotopic (exact) mass is 406 g/mol. The molecule has 1 atom stereocenters. The Morgan fingerprint density at radius 2 is 1.93 bits per heavy atom. The Hall–Kier alpha value is -2.47. The Morgan fingerprint density at radius 1 is 1.07 bits per heavy atom. The minimum absolute atomic E-state index is 0.0964. The number of likely N-dealkylation sites (tertiary alicyclic amines) is 1. The second-order valence-electron chi connectivity index (χ2n) is 8.04. The second kappa shape index (κ2) is 8.11. The largest absolute Gasteiger partial charge is 0.337 e. The van der Waals surface area contributed by atoms with Crippen LogP contribution in [0.1, 0.15) is 64.8 Å². The van der Waals surface area contributed by atoms with Crippen LogP contribution in [0.15, 0.2) is 41.9 Å². The van der Waals surface area contributed by atoms with Gasteiger partial charge in [-0.05, 0) is 50.7 Å². The summed E-state index contributed by atoms with van der Waals surface area (Å²) in [7, 11) is 0. The number of nitrogens with zero attached hydrogens (tertiary/aromatic N) is 4. The van der Waals surface area contributed by atoms with Crippen molar-refractivity contribution in [1.82, 2.24) is 19.7 Å². The highest BCUT2D eigenvalue weighted by atomic mass is 32.1. The summed E-state index contributed by atoms with van der Waals surface area (Å²) in [5.74, 6) is 0.446. The number of fused-ring (bicyclic) bond motifs is 1. The van der Waals surface area contributed by atoms with Crippen molar-refractivity contribution in [2.24, 2.45) is 0 Å². The van der Waals surface area contributed by atoms with Gasteiger partial charge in [-0.1, -0.05) is 24.6 Å². The van der Waals surface area contributed by atoms with Crippen molar-refractivity contribution >= 4 is 17.2 Å². The van der Waals surface area contributed by atoms with E-state index in [1.807, 2.05) is 39.4 Å². The fraction of sp³-hybridized carbons (Fsp3) is 0.435. The molecule has 2 aromatic heterocycles. The molecule has 3 heterocycles. The SMILES string of the molecule is O=C(c1nn(-c2ccccc2)c2c1CCCCC2)N1CCCC(c2nccs2)C1. The van der Waals surface area contributed by atoms with E-state index in [1.54, 1.807) is 11.3 Å². The molecular formula is C23H26N4OS. The van der Waals surface area contributed by atoms with Crippen LogP contribution in [0.3, 0.4) is 0 Å². The van der Waals surface area contributed by atoms with Crippen LogP contribution in [0.4, 0.5) is 0 Å². The number of hydrogen-bond acceptors (Lipinski definition) is 4. The lowest BCUT2D eigenvalue weighted by atomic mass is 9.98. The molecule has 1 saturated heterocycles. The van der Waals surface area contributed by atoms with Gasteiger partial charge in [-0.3, -0.25) is 4.79 Å². The van der Waals surface area contributed by atoms with Crippen LogP contribution in [0.2, 0.25) is 0 Å². The predicted octanol–water partition coefficient (Wildman–Crippen LogP) is 4.62. The third kappa shape index (κ3) is 3.62. The first-order chi connectivity index (χ1) is 14.3. The maximum atomic E-state index is 13.6. The van der Waals surface area contributed by atoms with Crippen LogP contribution < -0.4 is 0 Å². The Bertz CT molecular complexity index is 980. The maximum absolute atomic E-state index is 13.6. The van der Waals surface area contributed by atoms with Gasteiger partial charge < -0.3 is 4.90 Å². The van der Waals surface area contributed by atoms with Crippen molar-refractivity contribution < 1.29 is 4.79 Å². The molecular weight excluding hydrogens is 380 g/mol. The number of para-hydroxylation sites is 1. The van der Waals surface area contributed by atoms with Gasteiger partial charge in [0.2, 0.25) is 0 Å². The average Bonchev–Trinajstić information content (AvgIpc) is 3.37. The number of piperidine rings is 1. The Kier molecular flexibility index (Phi) is 5.19. The summed E-state index contributed by atoms with van der Waals surface area (Å²) in [6, 6.07) is 10.2. The van der Waals surface area contributed by atoms with Crippen molar-refractivity contribution in [3.8, 4) is 5.69 Å². The summed E-state index contributed by atoms with van der Waals surface area (Å²) in [5.41, 5.74) is 4.12. The van der Waals surface area contributed by atoms with Crippen LogP contribution in [-0.4, -0.2) is 38.7 Å². The lowest BCUT2D eigenvalue weighted by Gasteiger charge is -2.31. The van der Waals surface area contributed by atoms with E-state index >= 15 is 0 Å². The molecule has 6 heteroatoms. The fourth-order valence-electron chi connectivity index (χ4n) is 4.68. The van der Waals surface area contributed by atoms with Gasteiger partial charge in [0.05, 0.1) is 10.7 Å². The zero-order chi connectivity index (χ0) is 19.6. The lowest BCUT2D eigenvalue weighted by molar-refractivity contribution is 0.0699. The van der Waals surface area contributed by atoms with E-state index in [0.717, 1.165) is 62.3 Å². The van der Waals surface area contributed by atoms with Crippen LogP contribution in [-0.2, 0) is 12.8 Å². The second-order valence-corrected chi connectivity index (χ2v) is 8.97. The van der Waals surface area contributed by atoms with Crippen molar-refractivity contribution in [3.05, 3.63) is 63.9 Å². The number of amides is 1. The molecule has 2 aliphatic rings. The molecule has 3 aromatic rings. The number of carbonyl (C=O) groups excluding carboxylic acids is 1. The van der Waals surface area contributed by atoms with E-state index in [0.29, 0.717) is 11.6 Å². The number of carbonyl (C=O) groups is 1. The number of thiazole rings is 1. The summed E-state index contributed by atoms with van der Waals surface area (Å²) < 4.78 is 2.02. The van der Waals surface area contributed by atoms with Crippen molar-refractivity contribution in [2.45, 2.75) is 50.9 Å². The number of benzene rings is 1. The molecule has 150 valence electrons. The van der Waals surface area contributed by atoms with Gasteiger partial charge in [-0.15, -0.1) is 11.3 Å². The highest BCUT2D eigenvalue weighted by Gasteiger charge is 2.31. The van der Waals surface area contributed by atoms with E-state index in [9.17, 15) is 4.79 Å². The molecule has 0 bridgehead atoms. The van der Waals surface area contributed by atoms with Crippen molar-refractivity contribution in [2.75, 3.05) is 13.1 Å². The number of aromatic nitrogens is 3. The van der Waals surface area contributed by atoms with Crippen molar-refractivity contribution in [1.29, 1.82) is 0 Å². The quantitative estimate of drug-likeness (QED) is 0.597. The van der Waals surface area contributed by atoms with Crippen LogP contribution in [0, 0.1) is 0 Å². The molecule has 0 radical (unpaired) electrons. The normalized spacial score (nSPS) is 19.6. The van der Waals surface area contributed by atoms with Crippen molar-refractivity contribution in [3.63, 3.8) is 0 Å². The first-order valence-electron chi connectivity index (χ1n) is 10.7. The smallest absolute Gasteiger partial charge is 0.274 e. The minimum Gasteiger partial charge on any atom is -0.337 e. The molecule has 0 N–H and O–H groups in total. The first kappa shape index (κ1) is 18.6. The first-order valence-corrected chi connectivity index (χ1v) is 11.5. The van der Waals surface area contributed by atoms with Gasteiger partial charge in [0.1, 0.15) is 0 Å². The van der Waals surface area contributed by atoms with E-state index in [2.05, 4.69) is 17.1 Å². The van der Waals surface area contributed by atoms with Crippen LogP contribution in [0.5, 0.6) is 0 Å². The van der Waals surface area contributed by atoms with Gasteiger partial charge in [0.25, 0.3) is 5.91 Å². The third-order valence-corrected chi connectivity index (χ3v) is 7.08. The molecule has 0 spiro atoms. The zero-order valence-electron chi connectivity index (χ0n) is 16.6. The molecule has 5 nitrogen and oxygen atoms in total. The molecule has 29 heavy (non-hydrogen) atoms. The standard InChI is InChI=1S/C23H26N4OS/c28-23(26-14-7-8-17(16-26)22-24-13-15-29-22)21-19-11-5-2-6-12-20(19)27(25-21)18-9-3-1-4-10-18/h1,3-4,9-10,13,15,17H,2,5-8,11-12,14,16H2. The molecule has 0 saturated carbocycles. The minimum atomic E-state index is 0.0964. The van der Waals surface area contributed by atoms with Gasteiger partial charge >= 0.3 is 0 Å². The molecule has 1 fully saturated rings. The summed E-state index contributed by atoms with van der Waals surface area (Å²) in [6.07, 6.45) is 9.45. The lowest BCUT2D eigenvalue weighted by Crippen LogP contribution is -2.39. The molecule has 1 amide bonds. The van der Waals surface area contributed by atoms with Crippen LogP contribution in [0.25, 0.3) is 5.69 Å². The summed E-state index contributed by atoms with van der Waals surface area (Å²) >= 11 is 1.70. The van der Waals surface area contributed by atoms with Crippen LogP contribution >= 0.6 is 11.3 Å². The molecule has 1 unspecified atom stereocenters. The number of rotatable bonds is 3. The summed E-state index contributed by atoms with van der Waals surface area (Å²) in [6.45, 7) is 1.56. The van der Waals surface area contributed by atoms with E-state index in [-0.39, 0.29) is 5.91 Å². The summed E-state index contributed by atoms with van der Waals surface area (Å²) in [5, 5.41) is 8.05. The Morgan fingerprint density at radius 3 is 2.76 bits per heavy atom. The van der Waals surface area contributed by atoms with E-state index < -0.39 is 0 Å². The maximum Gasteiger partial charge on any atom is 0.274 e. The van der Waals surface area contributed by atoms with Gasteiger partial charge in [0.15, 0.2) is 5.69 Å².